The molecule has 9 heteroatoms. The summed E-state index contributed by atoms with van der Waals surface area (Å²) in [6.07, 6.45) is 9.24. The molecule has 1 saturated heterocycles. The van der Waals surface area contributed by atoms with Gasteiger partial charge in [-0.2, -0.15) is 5.10 Å². The zero-order chi connectivity index (χ0) is 21.5. The van der Waals surface area contributed by atoms with Gasteiger partial charge in [0, 0.05) is 42.3 Å². The number of pyridine rings is 3. The largest absolute Gasteiger partial charge is 0.383 e. The Morgan fingerprint density at radius 1 is 1.23 bits per heavy atom. The van der Waals surface area contributed by atoms with Crippen molar-refractivity contribution in [2.75, 3.05) is 24.6 Å². The Balaban J connectivity index is 1.44. The highest BCUT2D eigenvalue weighted by Gasteiger charge is 2.31. The van der Waals surface area contributed by atoms with Crippen molar-refractivity contribution in [3.05, 3.63) is 54.7 Å². The molecule has 0 saturated carbocycles. The van der Waals surface area contributed by atoms with Gasteiger partial charge in [-0.1, -0.05) is 0 Å². The van der Waals surface area contributed by atoms with Crippen LogP contribution < -0.4 is 11.1 Å². The normalized spacial score (nSPS) is 19.2. The van der Waals surface area contributed by atoms with Crippen LogP contribution in [0.3, 0.4) is 0 Å². The van der Waals surface area contributed by atoms with Gasteiger partial charge in [0.25, 0.3) is 0 Å². The lowest BCUT2D eigenvalue weighted by atomic mass is 10.1. The highest BCUT2D eigenvalue weighted by Crippen LogP contribution is 2.30. The van der Waals surface area contributed by atoms with Crippen LogP contribution in [0, 0.1) is 6.92 Å². The van der Waals surface area contributed by atoms with Crippen LogP contribution in [0.5, 0.6) is 0 Å². The second-order valence-electron chi connectivity index (χ2n) is 7.96. The lowest BCUT2D eigenvalue weighted by Gasteiger charge is -2.19. The number of likely N-dealkylation sites (N-methyl/N-ethyl adjacent to an activating group) is 1. The molecule has 1 aliphatic rings. The first kappa shape index (κ1) is 19.4. The molecule has 5 rings (SSSR count). The van der Waals surface area contributed by atoms with Gasteiger partial charge in [0.2, 0.25) is 0 Å². The molecular formula is C22H24N8O. The summed E-state index contributed by atoms with van der Waals surface area (Å²) in [5, 5.41) is 19.7. The molecule has 4 aromatic heterocycles. The van der Waals surface area contributed by atoms with E-state index in [4.69, 9.17) is 5.73 Å². The number of hydrogen-bond acceptors (Lipinski definition) is 8. The maximum Gasteiger partial charge on any atom is 0.133 e. The van der Waals surface area contributed by atoms with Gasteiger partial charge in [0.05, 0.1) is 23.6 Å². The predicted molar refractivity (Wildman–Crippen MR) is 120 cm³/mol. The highest BCUT2D eigenvalue weighted by atomic mass is 16.3. The van der Waals surface area contributed by atoms with Crippen molar-refractivity contribution in [2.24, 2.45) is 0 Å². The summed E-state index contributed by atoms with van der Waals surface area (Å²) >= 11 is 0. The van der Waals surface area contributed by atoms with Crippen molar-refractivity contribution in [2.45, 2.75) is 25.6 Å². The number of likely N-dealkylation sites (tertiary alicyclic amines) is 1. The van der Waals surface area contributed by atoms with E-state index < -0.39 is 6.23 Å². The van der Waals surface area contributed by atoms with Crippen molar-refractivity contribution in [1.29, 1.82) is 0 Å². The van der Waals surface area contributed by atoms with E-state index in [1.807, 2.05) is 47.9 Å². The van der Waals surface area contributed by atoms with Gasteiger partial charge < -0.3 is 16.2 Å². The van der Waals surface area contributed by atoms with Crippen LogP contribution in [0.1, 0.15) is 18.0 Å². The van der Waals surface area contributed by atoms with Crippen LogP contribution in [-0.4, -0.2) is 54.6 Å². The fourth-order valence-electron chi connectivity index (χ4n) is 4.02. The van der Waals surface area contributed by atoms with Crippen molar-refractivity contribution >= 4 is 28.1 Å². The third-order valence-corrected chi connectivity index (χ3v) is 5.85. The molecule has 1 unspecified atom stereocenters. The van der Waals surface area contributed by atoms with E-state index in [0.29, 0.717) is 11.6 Å². The molecule has 158 valence electrons. The Morgan fingerprint density at radius 3 is 2.87 bits per heavy atom. The molecule has 0 spiro atoms. The van der Waals surface area contributed by atoms with Crippen LogP contribution in [-0.2, 0) is 0 Å². The molecule has 1 aliphatic heterocycles. The van der Waals surface area contributed by atoms with Gasteiger partial charge in [0.1, 0.15) is 17.9 Å². The Labute approximate surface area is 179 Å². The van der Waals surface area contributed by atoms with E-state index >= 15 is 0 Å². The van der Waals surface area contributed by atoms with Crippen LogP contribution in [0.4, 0.5) is 17.3 Å². The monoisotopic (exact) mass is 416 g/mol. The van der Waals surface area contributed by atoms with Crippen molar-refractivity contribution in [3.8, 4) is 11.3 Å². The average Bonchev–Trinajstić information content (AvgIpc) is 3.34. The Hall–Kier alpha value is -3.56. The summed E-state index contributed by atoms with van der Waals surface area (Å²) < 4.78 is 1.81. The molecule has 0 radical (unpaired) electrons. The number of anilines is 3. The first-order chi connectivity index (χ1) is 15.0. The molecule has 31 heavy (non-hydrogen) atoms. The minimum atomic E-state index is -0.531. The van der Waals surface area contributed by atoms with E-state index in [-0.39, 0.29) is 6.04 Å². The fourth-order valence-corrected chi connectivity index (χ4v) is 4.02. The number of aliphatic hydroxyl groups excluding tert-OH is 1. The van der Waals surface area contributed by atoms with Crippen molar-refractivity contribution in [3.63, 3.8) is 0 Å². The quantitative estimate of drug-likeness (QED) is 0.465. The van der Waals surface area contributed by atoms with Crippen LogP contribution >= 0.6 is 0 Å². The lowest BCUT2D eigenvalue weighted by molar-refractivity contribution is 0.0245. The van der Waals surface area contributed by atoms with Crippen LogP contribution in [0.15, 0.2) is 49.2 Å². The predicted octanol–water partition coefficient (Wildman–Crippen LogP) is 2.72. The number of nitrogen functional groups attached to an aromatic ring is 1. The first-order valence-electron chi connectivity index (χ1n) is 10.2. The lowest BCUT2D eigenvalue weighted by Crippen LogP contribution is -2.30. The summed E-state index contributed by atoms with van der Waals surface area (Å²) in [6, 6.07) is 5.84. The van der Waals surface area contributed by atoms with Gasteiger partial charge >= 0.3 is 0 Å². The fraction of sp³-hybridized carbons (Fsp3) is 0.273. The van der Waals surface area contributed by atoms with Gasteiger partial charge in [-0.3, -0.25) is 14.6 Å². The topological polar surface area (TPSA) is 118 Å². The molecule has 2 atom stereocenters. The number of aromatic nitrogens is 5. The first-order valence-corrected chi connectivity index (χ1v) is 10.2. The van der Waals surface area contributed by atoms with Gasteiger partial charge in [-0.15, -0.1) is 0 Å². The van der Waals surface area contributed by atoms with Crippen molar-refractivity contribution in [1.82, 2.24) is 29.6 Å². The molecule has 0 amide bonds. The molecule has 0 bridgehead atoms. The number of aliphatic hydroxyl groups is 1. The minimum absolute atomic E-state index is 0.0544. The summed E-state index contributed by atoms with van der Waals surface area (Å²) in [5.41, 5.74) is 9.83. The number of nitrogens with one attached hydrogen (secondary N) is 1. The number of fused-ring (bicyclic) bond motifs is 1. The summed E-state index contributed by atoms with van der Waals surface area (Å²) in [7, 11) is 1.91. The van der Waals surface area contributed by atoms with Gasteiger partial charge in [-0.25, -0.2) is 9.97 Å². The minimum Gasteiger partial charge on any atom is -0.383 e. The molecule has 1 fully saturated rings. The van der Waals surface area contributed by atoms with Gasteiger partial charge in [0.15, 0.2) is 0 Å². The molecule has 4 aromatic rings. The van der Waals surface area contributed by atoms with E-state index in [1.54, 1.807) is 24.8 Å². The zero-order valence-electron chi connectivity index (χ0n) is 17.4. The van der Waals surface area contributed by atoms with E-state index in [9.17, 15) is 5.11 Å². The Bertz CT molecular complexity index is 1250. The Morgan fingerprint density at radius 2 is 2.10 bits per heavy atom. The summed E-state index contributed by atoms with van der Waals surface area (Å²) in [4.78, 5) is 15.2. The summed E-state index contributed by atoms with van der Waals surface area (Å²) in [5.74, 6) is 1.11. The summed E-state index contributed by atoms with van der Waals surface area (Å²) in [6.45, 7) is 2.87. The molecule has 4 N–H and O–H groups in total. The van der Waals surface area contributed by atoms with E-state index in [2.05, 4.69) is 25.4 Å². The second-order valence-corrected chi connectivity index (χ2v) is 7.96. The smallest absolute Gasteiger partial charge is 0.133 e. The maximum absolute atomic E-state index is 10.3. The second kappa shape index (κ2) is 7.60. The van der Waals surface area contributed by atoms with Crippen LogP contribution in [0.2, 0.25) is 0 Å². The molecule has 0 aliphatic carbocycles. The third kappa shape index (κ3) is 3.58. The molecule has 0 aromatic carbocycles. The third-order valence-electron chi connectivity index (χ3n) is 5.85. The number of rotatable bonds is 4. The standard InChI is InChI=1S/C22H24N8O/c1-13-3-5-24-10-16(13)18-7-14-8-20(25-11-17(14)21(23)28-18)27-15-9-26-30(12-15)19-4-6-29(2)22(19)31/h3,5,7-12,19,22,31H,4,6H2,1-2H3,(H2,23,28)(H,25,27)/t19-,22?/m0/s1. The zero-order valence-corrected chi connectivity index (χ0v) is 17.4. The number of hydrogen-bond donors (Lipinski definition) is 3. The maximum atomic E-state index is 10.3. The molecule has 9 nitrogen and oxygen atoms in total. The average molecular weight is 416 g/mol. The SMILES string of the molecule is Cc1ccncc1-c1cc2cc(Nc3cnn([C@H]4CCN(C)C4O)c3)ncc2c(N)n1. The van der Waals surface area contributed by atoms with E-state index in [0.717, 1.165) is 46.2 Å². The Kier molecular flexibility index (Phi) is 4.76. The highest BCUT2D eigenvalue weighted by molar-refractivity contribution is 5.94. The van der Waals surface area contributed by atoms with Crippen LogP contribution in [0.25, 0.3) is 22.0 Å². The van der Waals surface area contributed by atoms with Crippen molar-refractivity contribution < 1.29 is 5.11 Å². The number of nitrogens with zero attached hydrogens (tertiary/aromatic N) is 6. The van der Waals surface area contributed by atoms with Gasteiger partial charge in [-0.05, 0) is 49.5 Å². The number of aryl methyl sites for hydroxylation is 1. The molecule has 5 heterocycles. The number of nitrogens with two attached hydrogens (primary N) is 1. The van der Waals surface area contributed by atoms with E-state index in [1.165, 1.54) is 0 Å². The molecular weight excluding hydrogens is 392 g/mol.